The summed E-state index contributed by atoms with van der Waals surface area (Å²) in [5.41, 5.74) is 2.66. The number of anilines is 1. The van der Waals surface area contributed by atoms with E-state index in [0.717, 1.165) is 5.56 Å². The third kappa shape index (κ3) is 5.21. The molecule has 1 atom stereocenters. The Hall–Kier alpha value is -4.63. The Morgan fingerprint density at radius 2 is 1.92 bits per heavy atom. The number of carbonyl (C=O) groups excluding carboxylic acids is 1. The van der Waals surface area contributed by atoms with E-state index in [1.807, 2.05) is 49.4 Å². The summed E-state index contributed by atoms with van der Waals surface area (Å²) in [6.07, 6.45) is 1.73. The molecule has 1 aromatic heterocycles. The first kappa shape index (κ1) is 26.0. The Morgan fingerprint density at radius 3 is 2.67 bits per heavy atom. The molecule has 0 bridgehead atoms. The summed E-state index contributed by atoms with van der Waals surface area (Å²) in [5.74, 6) is 0.631. The van der Waals surface area contributed by atoms with Gasteiger partial charge in [-0.15, -0.1) is 0 Å². The third-order valence-corrected chi connectivity index (χ3v) is 7.27. The number of phenolic OH excluding ortho intramolecular Hbond substituents is 1. The van der Waals surface area contributed by atoms with Crippen molar-refractivity contribution in [2.24, 2.45) is 4.99 Å². The fourth-order valence-electron chi connectivity index (χ4n) is 4.50. The molecule has 39 heavy (non-hydrogen) atoms. The van der Waals surface area contributed by atoms with Crippen LogP contribution in [0.25, 0.3) is 6.08 Å². The van der Waals surface area contributed by atoms with Crippen molar-refractivity contribution >= 4 is 29.0 Å². The van der Waals surface area contributed by atoms with Crippen LogP contribution in [0.15, 0.2) is 93.9 Å². The van der Waals surface area contributed by atoms with Crippen molar-refractivity contribution in [3.8, 4) is 17.2 Å². The second-order valence-electron chi connectivity index (χ2n) is 8.84. The Morgan fingerprint density at radius 1 is 1.13 bits per heavy atom. The molecule has 0 unspecified atom stereocenters. The number of allylic oxidation sites excluding steroid dienone is 1. The molecule has 0 saturated carbocycles. The average molecular weight is 542 g/mol. The van der Waals surface area contributed by atoms with Crippen molar-refractivity contribution in [3.63, 3.8) is 0 Å². The van der Waals surface area contributed by atoms with Crippen molar-refractivity contribution in [2.45, 2.75) is 19.9 Å². The summed E-state index contributed by atoms with van der Waals surface area (Å²) in [6.45, 7) is 4.00. The zero-order valence-corrected chi connectivity index (χ0v) is 22.5. The lowest BCUT2D eigenvalue weighted by atomic mass is 9.95. The average Bonchev–Trinajstić information content (AvgIpc) is 3.24. The van der Waals surface area contributed by atoms with Gasteiger partial charge in [0.1, 0.15) is 5.75 Å². The van der Waals surface area contributed by atoms with Gasteiger partial charge in [0.05, 0.1) is 35.6 Å². The molecule has 5 rings (SSSR count). The minimum Gasteiger partial charge on any atom is -0.504 e. The lowest BCUT2D eigenvalue weighted by Gasteiger charge is -2.25. The second-order valence-corrected chi connectivity index (χ2v) is 9.85. The van der Waals surface area contributed by atoms with Gasteiger partial charge < -0.3 is 19.9 Å². The van der Waals surface area contributed by atoms with Gasteiger partial charge in [-0.1, -0.05) is 47.7 Å². The molecular formula is C30H27N3O5S. The van der Waals surface area contributed by atoms with E-state index in [9.17, 15) is 14.7 Å². The lowest BCUT2D eigenvalue weighted by Crippen LogP contribution is -2.40. The Bertz CT molecular complexity index is 1760. The van der Waals surface area contributed by atoms with Gasteiger partial charge in [-0.05, 0) is 67.4 Å². The zero-order chi connectivity index (χ0) is 27.5. The minimum absolute atomic E-state index is 0.0261. The van der Waals surface area contributed by atoms with E-state index in [2.05, 4.69) is 10.3 Å². The largest absolute Gasteiger partial charge is 0.504 e. The van der Waals surface area contributed by atoms with Crippen molar-refractivity contribution in [1.29, 1.82) is 0 Å². The van der Waals surface area contributed by atoms with Gasteiger partial charge in [0, 0.05) is 5.69 Å². The van der Waals surface area contributed by atoms with E-state index >= 15 is 0 Å². The zero-order valence-electron chi connectivity index (χ0n) is 21.7. The summed E-state index contributed by atoms with van der Waals surface area (Å²) >= 11 is 1.24. The van der Waals surface area contributed by atoms with Crippen LogP contribution in [0.1, 0.15) is 31.0 Å². The number of aromatic hydroxyl groups is 1. The number of hydrogen-bond acceptors (Lipinski definition) is 7. The quantitative estimate of drug-likeness (QED) is 0.369. The first-order valence-electron chi connectivity index (χ1n) is 12.4. The highest BCUT2D eigenvalue weighted by Crippen LogP contribution is 2.32. The Labute approximate surface area is 228 Å². The number of carbonyl (C=O) groups is 1. The highest BCUT2D eigenvalue weighted by atomic mass is 32.1. The molecule has 1 amide bonds. The van der Waals surface area contributed by atoms with Crippen molar-refractivity contribution in [2.75, 3.05) is 19.0 Å². The number of nitrogens with one attached hydrogen (secondary N) is 1. The van der Waals surface area contributed by atoms with Crippen LogP contribution in [-0.2, 0) is 4.79 Å². The van der Waals surface area contributed by atoms with Crippen LogP contribution in [0.5, 0.6) is 17.2 Å². The van der Waals surface area contributed by atoms with Gasteiger partial charge in [0.25, 0.3) is 11.5 Å². The number of ether oxygens (including phenoxy) is 2. The molecule has 0 saturated heterocycles. The van der Waals surface area contributed by atoms with E-state index in [1.54, 1.807) is 48.9 Å². The molecule has 2 N–H and O–H groups in total. The number of fused-ring (bicyclic) bond motifs is 1. The summed E-state index contributed by atoms with van der Waals surface area (Å²) in [6, 6.07) is 20.7. The molecule has 1 aliphatic rings. The number of phenols is 1. The molecule has 4 aromatic rings. The molecule has 0 spiro atoms. The Kier molecular flexibility index (Phi) is 7.33. The maximum atomic E-state index is 13.9. The van der Waals surface area contributed by atoms with Crippen LogP contribution in [0, 0.1) is 0 Å². The third-order valence-electron chi connectivity index (χ3n) is 6.29. The number of para-hydroxylation sites is 1. The highest BCUT2D eigenvalue weighted by molar-refractivity contribution is 7.07. The fraction of sp³-hybridized carbons (Fsp3) is 0.167. The van der Waals surface area contributed by atoms with Gasteiger partial charge in [0.15, 0.2) is 16.3 Å². The summed E-state index contributed by atoms with van der Waals surface area (Å²) in [5, 5.41) is 13.0. The number of benzene rings is 3. The maximum Gasteiger partial charge on any atom is 0.271 e. The number of thiazole rings is 1. The molecule has 0 aliphatic carbocycles. The van der Waals surface area contributed by atoms with Gasteiger partial charge in [0.2, 0.25) is 0 Å². The predicted molar refractivity (Wildman–Crippen MR) is 151 cm³/mol. The SMILES string of the molecule is CCOc1cc(C=c2sc3n(c2=O)[C@@H](c2cccc(OC)c2)C(C(=O)Nc2ccccc2)=C(C)N=3)ccc1O. The molecule has 198 valence electrons. The number of hydrogen-bond donors (Lipinski definition) is 2. The van der Waals surface area contributed by atoms with Crippen molar-refractivity contribution in [1.82, 2.24) is 4.57 Å². The first-order chi connectivity index (χ1) is 18.9. The summed E-state index contributed by atoms with van der Waals surface area (Å²) in [7, 11) is 1.57. The molecule has 9 heteroatoms. The number of nitrogens with zero attached hydrogens (tertiary/aromatic N) is 2. The molecule has 3 aromatic carbocycles. The molecular weight excluding hydrogens is 514 g/mol. The Balaban J connectivity index is 1.67. The number of methoxy groups -OCH3 is 1. The second kappa shape index (κ2) is 11.0. The van der Waals surface area contributed by atoms with E-state index < -0.39 is 6.04 Å². The molecule has 8 nitrogen and oxygen atoms in total. The summed E-state index contributed by atoms with van der Waals surface area (Å²) < 4.78 is 12.9. The van der Waals surface area contributed by atoms with E-state index in [0.29, 0.717) is 50.0 Å². The van der Waals surface area contributed by atoms with Crippen LogP contribution in [0.2, 0.25) is 0 Å². The van der Waals surface area contributed by atoms with Crippen LogP contribution < -0.4 is 29.7 Å². The number of amides is 1. The van der Waals surface area contributed by atoms with Crippen LogP contribution in [-0.4, -0.2) is 29.3 Å². The molecule has 0 radical (unpaired) electrons. The van der Waals surface area contributed by atoms with Crippen LogP contribution >= 0.6 is 11.3 Å². The fourth-order valence-corrected chi connectivity index (χ4v) is 5.55. The minimum atomic E-state index is -0.721. The predicted octanol–water partition coefficient (Wildman–Crippen LogP) is 3.99. The van der Waals surface area contributed by atoms with Crippen LogP contribution in [0.4, 0.5) is 5.69 Å². The molecule has 2 heterocycles. The van der Waals surface area contributed by atoms with Gasteiger partial charge in [-0.2, -0.15) is 0 Å². The highest BCUT2D eigenvalue weighted by Gasteiger charge is 2.32. The van der Waals surface area contributed by atoms with E-state index in [1.165, 1.54) is 17.4 Å². The standard InChI is InChI=1S/C30H27N3O5S/c1-4-38-24-15-19(13-14-23(24)34)16-25-29(36)33-27(20-9-8-12-22(17-20)37-3)26(18(2)31-30(33)39-25)28(35)32-21-10-6-5-7-11-21/h5-17,27,34H,4H2,1-3H3,(H,32,35)/t27-/m0/s1. The maximum absolute atomic E-state index is 13.9. The molecule has 1 aliphatic heterocycles. The molecule has 0 fully saturated rings. The van der Waals surface area contributed by atoms with Crippen LogP contribution in [0.3, 0.4) is 0 Å². The topological polar surface area (TPSA) is 102 Å². The monoisotopic (exact) mass is 541 g/mol. The smallest absolute Gasteiger partial charge is 0.271 e. The number of aromatic nitrogens is 1. The van der Waals surface area contributed by atoms with Crippen molar-refractivity contribution < 1.29 is 19.4 Å². The normalized spacial score (nSPS) is 14.9. The van der Waals surface area contributed by atoms with E-state index in [-0.39, 0.29) is 17.2 Å². The van der Waals surface area contributed by atoms with Gasteiger partial charge in [-0.25, -0.2) is 4.99 Å². The lowest BCUT2D eigenvalue weighted by molar-refractivity contribution is -0.113. The van der Waals surface area contributed by atoms with Gasteiger partial charge in [-0.3, -0.25) is 14.2 Å². The number of rotatable bonds is 7. The summed E-state index contributed by atoms with van der Waals surface area (Å²) in [4.78, 5) is 32.7. The first-order valence-corrected chi connectivity index (χ1v) is 13.2. The van der Waals surface area contributed by atoms with Crippen molar-refractivity contribution in [3.05, 3.63) is 115 Å². The van der Waals surface area contributed by atoms with E-state index in [4.69, 9.17) is 9.47 Å². The van der Waals surface area contributed by atoms with Gasteiger partial charge >= 0.3 is 0 Å².